The van der Waals surface area contributed by atoms with E-state index in [9.17, 15) is 4.79 Å². The molecule has 29 heavy (non-hydrogen) atoms. The molecule has 2 atom stereocenters. The van der Waals surface area contributed by atoms with Gasteiger partial charge < -0.3 is 19.5 Å². The zero-order valence-electron chi connectivity index (χ0n) is 16.8. The number of hydrogen-bond donors (Lipinski definition) is 3. The molecule has 0 spiro atoms. The number of halogens is 1. The molecule has 156 valence electrons. The van der Waals surface area contributed by atoms with Gasteiger partial charge in [0.05, 0.1) is 37.8 Å². The molecule has 0 aromatic heterocycles. The lowest BCUT2D eigenvalue weighted by atomic mass is 9.94. The molecular weight excluding hydrogens is 394 g/mol. The van der Waals surface area contributed by atoms with Gasteiger partial charge in [-0.15, -0.1) is 0 Å². The number of rotatable bonds is 8. The van der Waals surface area contributed by atoms with Crippen LogP contribution >= 0.6 is 11.6 Å². The summed E-state index contributed by atoms with van der Waals surface area (Å²) in [5, 5.41) is 3.53. The minimum absolute atomic E-state index is 0.0488. The number of hydrazine groups is 1. The second-order valence-corrected chi connectivity index (χ2v) is 7.05. The number of ether oxygens (including phenoxy) is 3. The second kappa shape index (κ2) is 9.82. The van der Waals surface area contributed by atoms with Gasteiger partial charge >= 0.3 is 0 Å². The zero-order chi connectivity index (χ0) is 20.8. The summed E-state index contributed by atoms with van der Waals surface area (Å²) in [7, 11) is 3.18. The fourth-order valence-electron chi connectivity index (χ4n) is 3.35. The maximum atomic E-state index is 12.8. The molecule has 1 heterocycles. The molecule has 2 aromatic rings. The lowest BCUT2D eigenvalue weighted by Crippen LogP contribution is -2.34. The highest BCUT2D eigenvalue weighted by atomic mass is 35.5. The van der Waals surface area contributed by atoms with Crippen LogP contribution in [-0.2, 0) is 11.3 Å². The topological polar surface area (TPSA) is 80.9 Å². The van der Waals surface area contributed by atoms with Crippen LogP contribution in [0.25, 0.3) is 0 Å². The SMILES string of the molecule is CCOc1ccc(C2NNCC2C(=O)NCc2ccc(OC)c(OC)c2)cc1Cl. The summed E-state index contributed by atoms with van der Waals surface area (Å²) in [6.07, 6.45) is 0. The molecule has 1 aliphatic rings. The average molecular weight is 420 g/mol. The van der Waals surface area contributed by atoms with Crippen LogP contribution in [0.5, 0.6) is 17.2 Å². The summed E-state index contributed by atoms with van der Waals surface area (Å²) < 4.78 is 16.0. The highest BCUT2D eigenvalue weighted by molar-refractivity contribution is 6.32. The average Bonchev–Trinajstić information content (AvgIpc) is 3.23. The Balaban J connectivity index is 1.66. The predicted molar refractivity (Wildman–Crippen MR) is 111 cm³/mol. The van der Waals surface area contributed by atoms with E-state index in [-0.39, 0.29) is 17.9 Å². The maximum Gasteiger partial charge on any atom is 0.226 e. The van der Waals surface area contributed by atoms with Crippen molar-refractivity contribution in [3.8, 4) is 17.2 Å². The lowest BCUT2D eigenvalue weighted by molar-refractivity contribution is -0.125. The molecular formula is C21H26ClN3O4. The van der Waals surface area contributed by atoms with E-state index in [4.69, 9.17) is 25.8 Å². The van der Waals surface area contributed by atoms with E-state index in [1.807, 2.05) is 43.3 Å². The van der Waals surface area contributed by atoms with Crippen LogP contribution in [-0.4, -0.2) is 33.3 Å². The Kier molecular flexibility index (Phi) is 7.19. The first-order valence-corrected chi connectivity index (χ1v) is 9.84. The molecule has 0 saturated carbocycles. The highest BCUT2D eigenvalue weighted by Gasteiger charge is 2.34. The third kappa shape index (κ3) is 4.93. The monoisotopic (exact) mass is 419 g/mol. The Hall–Kier alpha value is -2.48. The number of nitrogens with one attached hydrogen (secondary N) is 3. The van der Waals surface area contributed by atoms with Gasteiger partial charge in [0.1, 0.15) is 5.75 Å². The molecule has 3 N–H and O–H groups in total. The van der Waals surface area contributed by atoms with Crippen molar-refractivity contribution in [2.24, 2.45) is 5.92 Å². The standard InChI is InChI=1S/C21H26ClN3O4/c1-4-29-17-8-6-14(10-16(17)22)20-15(12-24-25-20)21(26)23-11-13-5-7-18(27-2)19(9-13)28-3/h5-10,15,20,24-25H,4,11-12H2,1-3H3,(H,23,26). The number of hydrogen-bond acceptors (Lipinski definition) is 6. The van der Waals surface area contributed by atoms with Gasteiger partial charge in [-0.3, -0.25) is 10.2 Å². The fourth-order valence-corrected chi connectivity index (χ4v) is 3.59. The summed E-state index contributed by atoms with van der Waals surface area (Å²) in [5.41, 5.74) is 8.09. The van der Waals surface area contributed by atoms with E-state index in [1.54, 1.807) is 14.2 Å². The smallest absolute Gasteiger partial charge is 0.226 e. The summed E-state index contributed by atoms with van der Waals surface area (Å²) in [6.45, 7) is 3.37. The minimum atomic E-state index is -0.274. The van der Waals surface area contributed by atoms with Crippen molar-refractivity contribution < 1.29 is 19.0 Å². The van der Waals surface area contributed by atoms with Crippen LogP contribution in [0.4, 0.5) is 0 Å². The fraction of sp³-hybridized carbons (Fsp3) is 0.381. The van der Waals surface area contributed by atoms with Crippen LogP contribution in [0.2, 0.25) is 5.02 Å². The number of carbonyl (C=O) groups excluding carboxylic acids is 1. The summed E-state index contributed by atoms with van der Waals surface area (Å²) in [6, 6.07) is 11.0. The van der Waals surface area contributed by atoms with Gasteiger partial charge in [0, 0.05) is 13.1 Å². The molecule has 1 fully saturated rings. The molecule has 7 nitrogen and oxygen atoms in total. The molecule has 3 rings (SSSR count). The predicted octanol–water partition coefficient (Wildman–Crippen LogP) is 2.84. The van der Waals surface area contributed by atoms with Crippen molar-refractivity contribution in [3.63, 3.8) is 0 Å². The third-order valence-corrected chi connectivity index (χ3v) is 5.14. The highest BCUT2D eigenvalue weighted by Crippen LogP contribution is 2.32. The molecule has 0 bridgehead atoms. The molecule has 2 aromatic carbocycles. The van der Waals surface area contributed by atoms with Crippen molar-refractivity contribution in [1.29, 1.82) is 0 Å². The summed E-state index contributed by atoms with van der Waals surface area (Å²) in [4.78, 5) is 12.8. The molecule has 8 heteroatoms. The van der Waals surface area contributed by atoms with E-state index in [1.165, 1.54) is 0 Å². The van der Waals surface area contributed by atoms with Crippen molar-refractivity contribution in [2.75, 3.05) is 27.4 Å². The van der Waals surface area contributed by atoms with Gasteiger partial charge in [0.25, 0.3) is 0 Å². The van der Waals surface area contributed by atoms with Gasteiger partial charge in [0.15, 0.2) is 11.5 Å². The first kappa shape index (κ1) is 21.2. The number of benzene rings is 2. The Morgan fingerprint density at radius 1 is 1.14 bits per heavy atom. The van der Waals surface area contributed by atoms with E-state index >= 15 is 0 Å². The van der Waals surface area contributed by atoms with Crippen molar-refractivity contribution in [3.05, 3.63) is 52.5 Å². The van der Waals surface area contributed by atoms with E-state index in [2.05, 4.69) is 16.2 Å². The van der Waals surface area contributed by atoms with Gasteiger partial charge in [-0.25, -0.2) is 5.43 Å². The molecule has 1 amide bonds. The molecule has 1 saturated heterocycles. The largest absolute Gasteiger partial charge is 0.493 e. The molecule has 1 aliphatic heterocycles. The van der Waals surface area contributed by atoms with Gasteiger partial charge in [-0.1, -0.05) is 23.7 Å². The van der Waals surface area contributed by atoms with Crippen LogP contribution in [0.1, 0.15) is 24.1 Å². The van der Waals surface area contributed by atoms with E-state index < -0.39 is 0 Å². The van der Waals surface area contributed by atoms with Crippen molar-refractivity contribution in [2.45, 2.75) is 19.5 Å². The summed E-state index contributed by atoms with van der Waals surface area (Å²) >= 11 is 6.31. The van der Waals surface area contributed by atoms with Crippen LogP contribution < -0.4 is 30.4 Å². The normalized spacial score (nSPS) is 18.3. The first-order valence-electron chi connectivity index (χ1n) is 9.46. The Labute approximate surface area is 175 Å². The lowest BCUT2D eigenvalue weighted by Gasteiger charge is -2.19. The van der Waals surface area contributed by atoms with Crippen molar-refractivity contribution >= 4 is 17.5 Å². The Morgan fingerprint density at radius 3 is 2.59 bits per heavy atom. The molecule has 0 radical (unpaired) electrons. The minimum Gasteiger partial charge on any atom is -0.493 e. The quantitative estimate of drug-likeness (QED) is 0.610. The number of carbonyl (C=O) groups is 1. The maximum absolute atomic E-state index is 12.8. The van der Waals surface area contributed by atoms with Gasteiger partial charge in [-0.05, 0) is 42.3 Å². The Bertz CT molecular complexity index is 862. The zero-order valence-corrected chi connectivity index (χ0v) is 17.5. The molecule has 2 unspecified atom stereocenters. The number of methoxy groups -OCH3 is 2. The van der Waals surface area contributed by atoms with E-state index in [0.29, 0.717) is 42.0 Å². The van der Waals surface area contributed by atoms with Crippen LogP contribution in [0.3, 0.4) is 0 Å². The summed E-state index contributed by atoms with van der Waals surface area (Å²) in [5.74, 6) is 1.60. The molecule has 0 aliphatic carbocycles. The van der Waals surface area contributed by atoms with E-state index in [0.717, 1.165) is 11.1 Å². The van der Waals surface area contributed by atoms with Crippen LogP contribution in [0.15, 0.2) is 36.4 Å². The van der Waals surface area contributed by atoms with Gasteiger partial charge in [-0.2, -0.15) is 0 Å². The number of amides is 1. The first-order chi connectivity index (χ1) is 14.1. The Morgan fingerprint density at radius 2 is 1.90 bits per heavy atom. The van der Waals surface area contributed by atoms with Gasteiger partial charge in [0.2, 0.25) is 5.91 Å². The third-order valence-electron chi connectivity index (χ3n) is 4.85. The van der Waals surface area contributed by atoms with Crippen LogP contribution in [0, 0.1) is 5.92 Å². The van der Waals surface area contributed by atoms with Crippen molar-refractivity contribution in [1.82, 2.24) is 16.2 Å². The second-order valence-electron chi connectivity index (χ2n) is 6.64.